The number of ether oxygens (including phenoxy) is 2. The minimum atomic E-state index is -0.365. The second kappa shape index (κ2) is 12.6. The number of piperidine rings is 1. The van der Waals surface area contributed by atoms with Crippen LogP contribution >= 0.6 is 0 Å². The summed E-state index contributed by atoms with van der Waals surface area (Å²) in [7, 11) is 1.65. The number of carbonyl (C=O) groups is 3. The van der Waals surface area contributed by atoms with Crippen LogP contribution in [-0.2, 0) is 32.1 Å². The number of fused-ring (bicyclic) bond motifs is 5. The van der Waals surface area contributed by atoms with E-state index in [2.05, 4.69) is 10.2 Å². The lowest BCUT2D eigenvalue weighted by Gasteiger charge is -2.39. The standard InChI is InChI=1S/C30H38N4O5/c1-32-19-28(35)31-26-18-34(30(37)20-33-13-2-3-14-33)15-12-27(26)38-21-23-7-5-9-25(17-23)39-24-8-4-6-22(16-24)10-11-29(32)36/h4-9,16-17,26-27H,2-3,10-15,18-21H2,1H3,(H,31,35)/t26-,27+/m0/s1. The average Bonchev–Trinajstić information content (AvgIpc) is 3.44. The number of hydrogen-bond acceptors (Lipinski definition) is 6. The lowest BCUT2D eigenvalue weighted by atomic mass is 10.0. The zero-order valence-electron chi connectivity index (χ0n) is 22.6. The number of carbonyl (C=O) groups excluding carboxylic acids is 3. The van der Waals surface area contributed by atoms with Crippen LogP contribution in [0.3, 0.4) is 0 Å². The predicted molar refractivity (Wildman–Crippen MR) is 146 cm³/mol. The van der Waals surface area contributed by atoms with Gasteiger partial charge in [-0.3, -0.25) is 19.3 Å². The van der Waals surface area contributed by atoms with E-state index in [-0.39, 0.29) is 42.8 Å². The third-order valence-electron chi connectivity index (χ3n) is 7.74. The highest BCUT2D eigenvalue weighted by atomic mass is 16.5. The maximum Gasteiger partial charge on any atom is 0.239 e. The smallest absolute Gasteiger partial charge is 0.239 e. The van der Waals surface area contributed by atoms with Gasteiger partial charge in [-0.25, -0.2) is 0 Å². The largest absolute Gasteiger partial charge is 0.457 e. The van der Waals surface area contributed by atoms with Crippen LogP contribution in [0.2, 0.25) is 0 Å². The van der Waals surface area contributed by atoms with Crippen molar-refractivity contribution < 1.29 is 23.9 Å². The van der Waals surface area contributed by atoms with Crippen LogP contribution in [0.15, 0.2) is 48.5 Å². The molecular formula is C30H38N4O5. The number of rotatable bonds is 2. The number of nitrogens with zero attached hydrogens (tertiary/aromatic N) is 3. The Labute approximate surface area is 230 Å². The lowest BCUT2D eigenvalue weighted by Crippen LogP contribution is -2.59. The summed E-state index contributed by atoms with van der Waals surface area (Å²) in [5.74, 6) is 1.14. The summed E-state index contributed by atoms with van der Waals surface area (Å²) in [6.45, 7) is 3.61. The number of hydrogen-bond donors (Lipinski definition) is 1. The van der Waals surface area contributed by atoms with Gasteiger partial charge in [-0.15, -0.1) is 0 Å². The molecule has 1 N–H and O–H groups in total. The molecule has 3 heterocycles. The van der Waals surface area contributed by atoms with Gasteiger partial charge in [-0.1, -0.05) is 24.3 Å². The fraction of sp³-hybridized carbons (Fsp3) is 0.500. The zero-order chi connectivity index (χ0) is 27.2. The normalized spacial score (nSPS) is 23.3. The highest BCUT2D eigenvalue weighted by Crippen LogP contribution is 2.25. The van der Waals surface area contributed by atoms with Crippen molar-refractivity contribution in [3.8, 4) is 11.5 Å². The Hall–Kier alpha value is -3.43. The van der Waals surface area contributed by atoms with E-state index in [1.54, 1.807) is 7.05 Å². The molecule has 0 saturated carbocycles. The number of aryl methyl sites for hydroxylation is 1. The molecule has 3 aliphatic heterocycles. The molecule has 0 spiro atoms. The van der Waals surface area contributed by atoms with E-state index in [4.69, 9.17) is 9.47 Å². The minimum Gasteiger partial charge on any atom is -0.457 e. The predicted octanol–water partition coefficient (Wildman–Crippen LogP) is 2.58. The number of likely N-dealkylation sites (tertiary alicyclic amines) is 2. The summed E-state index contributed by atoms with van der Waals surface area (Å²) in [6, 6.07) is 15.1. The van der Waals surface area contributed by atoms with Gasteiger partial charge in [0.2, 0.25) is 17.7 Å². The van der Waals surface area contributed by atoms with Gasteiger partial charge in [0, 0.05) is 26.6 Å². The van der Waals surface area contributed by atoms with Crippen molar-refractivity contribution in [2.45, 2.75) is 50.9 Å². The second-order valence-corrected chi connectivity index (χ2v) is 10.8. The molecule has 0 radical (unpaired) electrons. The molecular weight excluding hydrogens is 496 g/mol. The fourth-order valence-electron chi connectivity index (χ4n) is 5.53. The molecule has 5 rings (SSSR count). The maximum atomic E-state index is 13.0. The Morgan fingerprint density at radius 1 is 0.974 bits per heavy atom. The van der Waals surface area contributed by atoms with Crippen LogP contribution in [0.4, 0.5) is 0 Å². The van der Waals surface area contributed by atoms with Crippen molar-refractivity contribution in [2.75, 3.05) is 46.3 Å². The molecule has 208 valence electrons. The van der Waals surface area contributed by atoms with Crippen molar-refractivity contribution in [2.24, 2.45) is 0 Å². The summed E-state index contributed by atoms with van der Waals surface area (Å²) < 4.78 is 12.4. The molecule has 3 amide bonds. The molecule has 2 aromatic rings. The Morgan fingerprint density at radius 3 is 2.46 bits per heavy atom. The molecule has 0 aliphatic carbocycles. The number of amides is 3. The first-order chi connectivity index (χ1) is 18.9. The van der Waals surface area contributed by atoms with Gasteiger partial charge >= 0.3 is 0 Å². The first-order valence-electron chi connectivity index (χ1n) is 13.9. The van der Waals surface area contributed by atoms with Crippen molar-refractivity contribution in [3.63, 3.8) is 0 Å². The van der Waals surface area contributed by atoms with Crippen LogP contribution in [0.1, 0.15) is 36.8 Å². The summed E-state index contributed by atoms with van der Waals surface area (Å²) in [5.41, 5.74) is 1.95. The summed E-state index contributed by atoms with van der Waals surface area (Å²) in [6.07, 6.45) is 3.46. The van der Waals surface area contributed by atoms with Gasteiger partial charge in [0.15, 0.2) is 0 Å². The number of benzene rings is 2. The molecule has 9 heteroatoms. The summed E-state index contributed by atoms with van der Waals surface area (Å²) >= 11 is 0. The van der Waals surface area contributed by atoms with Crippen molar-refractivity contribution >= 4 is 17.7 Å². The van der Waals surface area contributed by atoms with Gasteiger partial charge in [0.1, 0.15) is 11.5 Å². The van der Waals surface area contributed by atoms with Gasteiger partial charge in [0.25, 0.3) is 0 Å². The van der Waals surface area contributed by atoms with E-state index in [0.29, 0.717) is 50.6 Å². The van der Waals surface area contributed by atoms with Crippen LogP contribution in [0.25, 0.3) is 0 Å². The lowest BCUT2D eigenvalue weighted by molar-refractivity contribution is -0.139. The Morgan fingerprint density at radius 2 is 1.69 bits per heavy atom. The first kappa shape index (κ1) is 27.1. The van der Waals surface area contributed by atoms with E-state index >= 15 is 0 Å². The molecule has 2 fully saturated rings. The van der Waals surface area contributed by atoms with Crippen LogP contribution < -0.4 is 10.1 Å². The Kier molecular flexibility index (Phi) is 8.78. The topological polar surface area (TPSA) is 91.4 Å². The third kappa shape index (κ3) is 7.36. The van der Waals surface area contributed by atoms with E-state index in [1.807, 2.05) is 53.4 Å². The quantitative estimate of drug-likeness (QED) is 0.637. The molecule has 2 saturated heterocycles. The van der Waals surface area contributed by atoms with Gasteiger partial charge in [0.05, 0.1) is 31.8 Å². The van der Waals surface area contributed by atoms with Gasteiger partial charge in [-0.2, -0.15) is 0 Å². The second-order valence-electron chi connectivity index (χ2n) is 10.8. The molecule has 9 nitrogen and oxygen atoms in total. The van der Waals surface area contributed by atoms with E-state index in [0.717, 1.165) is 37.1 Å². The minimum absolute atomic E-state index is 0.0467. The highest BCUT2D eigenvalue weighted by Gasteiger charge is 2.34. The van der Waals surface area contributed by atoms with Crippen molar-refractivity contribution in [3.05, 3.63) is 59.7 Å². The Bertz CT molecular complexity index is 1180. The molecule has 39 heavy (non-hydrogen) atoms. The maximum absolute atomic E-state index is 13.0. The number of likely N-dealkylation sites (N-methyl/N-ethyl adjacent to an activating group) is 1. The fourth-order valence-corrected chi connectivity index (χ4v) is 5.53. The van der Waals surface area contributed by atoms with E-state index < -0.39 is 0 Å². The molecule has 2 aromatic carbocycles. The molecule has 4 bridgehead atoms. The van der Waals surface area contributed by atoms with Gasteiger partial charge in [-0.05, 0) is 74.2 Å². The zero-order valence-corrected chi connectivity index (χ0v) is 22.6. The van der Waals surface area contributed by atoms with Crippen LogP contribution in [0.5, 0.6) is 11.5 Å². The highest BCUT2D eigenvalue weighted by molar-refractivity contribution is 5.85. The monoisotopic (exact) mass is 534 g/mol. The average molecular weight is 535 g/mol. The SMILES string of the molecule is CN1CC(=O)N[C@H]2CN(C(=O)CN3CCCC3)CC[C@H]2OCc2cccc(c2)Oc2cccc(c2)CCC1=O. The van der Waals surface area contributed by atoms with Crippen LogP contribution in [-0.4, -0.2) is 90.9 Å². The van der Waals surface area contributed by atoms with E-state index in [1.165, 1.54) is 4.90 Å². The first-order valence-corrected chi connectivity index (χ1v) is 13.9. The van der Waals surface area contributed by atoms with Crippen molar-refractivity contribution in [1.82, 2.24) is 20.0 Å². The third-order valence-corrected chi connectivity index (χ3v) is 7.74. The van der Waals surface area contributed by atoms with Crippen molar-refractivity contribution in [1.29, 1.82) is 0 Å². The number of nitrogens with one attached hydrogen (secondary N) is 1. The molecule has 0 aromatic heterocycles. The van der Waals surface area contributed by atoms with E-state index in [9.17, 15) is 14.4 Å². The molecule has 3 aliphatic rings. The Balaban J connectivity index is 1.33. The molecule has 0 unspecified atom stereocenters. The van der Waals surface area contributed by atoms with Gasteiger partial charge < -0.3 is 24.6 Å². The summed E-state index contributed by atoms with van der Waals surface area (Å²) in [5, 5.41) is 3.07. The molecule has 2 atom stereocenters. The van der Waals surface area contributed by atoms with Crippen LogP contribution in [0, 0.1) is 0 Å². The summed E-state index contributed by atoms with van der Waals surface area (Å²) in [4.78, 5) is 44.4.